The number of benzene rings is 1. The number of aliphatic hydroxyl groups excluding tert-OH is 1. The molecule has 0 aliphatic carbocycles. The highest BCUT2D eigenvalue weighted by Crippen LogP contribution is 2.27. The molecule has 2 heterocycles. The van der Waals surface area contributed by atoms with Crippen LogP contribution in [0.2, 0.25) is 0 Å². The second kappa shape index (κ2) is 5.03. The number of nitrogens with zero attached hydrogens (tertiary/aromatic N) is 2. The van der Waals surface area contributed by atoms with Crippen LogP contribution in [0.3, 0.4) is 0 Å². The SMILES string of the molecule is O=S1(=O)CCN(c2nc(CO)cc3ccccc23)CC1. The molecule has 0 spiro atoms. The van der Waals surface area contributed by atoms with Gasteiger partial charge in [0.25, 0.3) is 0 Å². The first-order valence-corrected chi connectivity index (χ1v) is 8.36. The van der Waals surface area contributed by atoms with Gasteiger partial charge in [-0.3, -0.25) is 0 Å². The molecule has 0 amide bonds. The van der Waals surface area contributed by atoms with Crippen LogP contribution in [-0.2, 0) is 16.4 Å². The van der Waals surface area contributed by atoms with Crippen LogP contribution in [0.4, 0.5) is 5.82 Å². The summed E-state index contributed by atoms with van der Waals surface area (Å²) in [5, 5.41) is 11.3. The average Bonchev–Trinajstić information content (AvgIpc) is 2.46. The van der Waals surface area contributed by atoms with E-state index in [4.69, 9.17) is 0 Å². The summed E-state index contributed by atoms with van der Waals surface area (Å²) in [4.78, 5) is 6.46. The Morgan fingerprint density at radius 1 is 1.20 bits per heavy atom. The summed E-state index contributed by atoms with van der Waals surface area (Å²) in [6.45, 7) is 0.784. The van der Waals surface area contributed by atoms with Crippen molar-refractivity contribution >= 4 is 26.4 Å². The van der Waals surface area contributed by atoms with Crippen molar-refractivity contribution in [1.29, 1.82) is 0 Å². The zero-order chi connectivity index (χ0) is 14.2. The van der Waals surface area contributed by atoms with E-state index in [-0.39, 0.29) is 18.1 Å². The fourth-order valence-electron chi connectivity index (χ4n) is 2.48. The van der Waals surface area contributed by atoms with Crippen LogP contribution >= 0.6 is 0 Å². The number of rotatable bonds is 2. The van der Waals surface area contributed by atoms with Gasteiger partial charge in [0.05, 0.1) is 23.8 Å². The third-order valence-corrected chi connectivity index (χ3v) is 5.19. The summed E-state index contributed by atoms with van der Waals surface area (Å²) in [6.07, 6.45) is 0. The lowest BCUT2D eigenvalue weighted by atomic mass is 10.1. The molecule has 1 N–H and O–H groups in total. The van der Waals surface area contributed by atoms with E-state index in [1.165, 1.54) is 0 Å². The maximum absolute atomic E-state index is 11.5. The Hall–Kier alpha value is -1.66. The van der Waals surface area contributed by atoms with Crippen molar-refractivity contribution in [3.8, 4) is 0 Å². The van der Waals surface area contributed by atoms with Crippen LogP contribution in [0, 0.1) is 0 Å². The van der Waals surface area contributed by atoms with Gasteiger partial charge in [-0.05, 0) is 11.5 Å². The molecule has 1 fully saturated rings. The minimum Gasteiger partial charge on any atom is -0.390 e. The van der Waals surface area contributed by atoms with Crippen molar-refractivity contribution in [2.24, 2.45) is 0 Å². The molecule has 1 aliphatic heterocycles. The Bertz CT molecular complexity index is 729. The van der Waals surface area contributed by atoms with Crippen molar-refractivity contribution in [2.75, 3.05) is 29.5 Å². The summed E-state index contributed by atoms with van der Waals surface area (Å²) in [5.41, 5.74) is 0.604. The quantitative estimate of drug-likeness (QED) is 0.893. The lowest BCUT2D eigenvalue weighted by molar-refractivity contribution is 0.277. The summed E-state index contributed by atoms with van der Waals surface area (Å²) in [5.74, 6) is 1.08. The van der Waals surface area contributed by atoms with Gasteiger partial charge in [0.15, 0.2) is 9.84 Å². The number of hydrogen-bond donors (Lipinski definition) is 1. The van der Waals surface area contributed by atoms with Gasteiger partial charge in [0.1, 0.15) is 5.82 Å². The normalized spacial score (nSPS) is 18.4. The number of pyridine rings is 1. The number of fused-ring (bicyclic) bond motifs is 1. The number of anilines is 1. The van der Waals surface area contributed by atoms with Crippen molar-refractivity contribution in [1.82, 2.24) is 4.98 Å². The van der Waals surface area contributed by atoms with E-state index in [2.05, 4.69) is 4.98 Å². The molecular formula is C14H16N2O3S. The molecule has 1 aromatic carbocycles. The maximum Gasteiger partial charge on any atom is 0.153 e. The molecular weight excluding hydrogens is 276 g/mol. The van der Waals surface area contributed by atoms with Crippen LogP contribution in [0.15, 0.2) is 30.3 Å². The molecule has 0 bridgehead atoms. The molecule has 1 aromatic heterocycles. The van der Waals surface area contributed by atoms with E-state index in [1.54, 1.807) is 0 Å². The lowest BCUT2D eigenvalue weighted by Gasteiger charge is -2.29. The van der Waals surface area contributed by atoms with Gasteiger partial charge in [0, 0.05) is 18.5 Å². The van der Waals surface area contributed by atoms with Gasteiger partial charge in [-0.15, -0.1) is 0 Å². The van der Waals surface area contributed by atoms with Gasteiger partial charge in [0.2, 0.25) is 0 Å². The summed E-state index contributed by atoms with van der Waals surface area (Å²) >= 11 is 0. The Morgan fingerprint density at radius 2 is 1.90 bits per heavy atom. The number of aliphatic hydroxyl groups is 1. The topological polar surface area (TPSA) is 70.5 Å². The van der Waals surface area contributed by atoms with Gasteiger partial charge < -0.3 is 10.0 Å². The fourth-order valence-corrected chi connectivity index (χ4v) is 3.68. The van der Waals surface area contributed by atoms with Gasteiger partial charge in [-0.25, -0.2) is 13.4 Å². The highest BCUT2D eigenvalue weighted by molar-refractivity contribution is 7.91. The summed E-state index contributed by atoms with van der Waals surface area (Å²) in [7, 11) is -2.91. The van der Waals surface area contributed by atoms with Crippen molar-refractivity contribution in [3.63, 3.8) is 0 Å². The molecule has 0 unspecified atom stereocenters. The van der Waals surface area contributed by atoms with Crippen LogP contribution in [-0.4, -0.2) is 43.1 Å². The first-order valence-electron chi connectivity index (χ1n) is 6.54. The summed E-state index contributed by atoms with van der Waals surface area (Å²) < 4.78 is 23.1. The first kappa shape index (κ1) is 13.3. The monoisotopic (exact) mass is 292 g/mol. The summed E-state index contributed by atoms with van der Waals surface area (Å²) in [6, 6.07) is 9.68. The Kier molecular flexibility index (Phi) is 3.35. The van der Waals surface area contributed by atoms with Gasteiger partial charge in [-0.2, -0.15) is 0 Å². The Labute approximate surface area is 117 Å². The average molecular weight is 292 g/mol. The fraction of sp³-hybridized carbons (Fsp3) is 0.357. The largest absolute Gasteiger partial charge is 0.390 e. The lowest BCUT2D eigenvalue weighted by Crippen LogP contribution is -2.40. The minimum absolute atomic E-state index is 0.121. The van der Waals surface area contributed by atoms with E-state index >= 15 is 0 Å². The third kappa shape index (κ3) is 2.48. The molecule has 0 atom stereocenters. The van der Waals surface area contributed by atoms with E-state index in [0.29, 0.717) is 18.8 Å². The Balaban J connectivity index is 2.06. The van der Waals surface area contributed by atoms with E-state index in [0.717, 1.165) is 16.6 Å². The van der Waals surface area contributed by atoms with E-state index in [9.17, 15) is 13.5 Å². The molecule has 0 radical (unpaired) electrons. The van der Waals surface area contributed by atoms with Crippen molar-refractivity contribution in [3.05, 3.63) is 36.0 Å². The highest BCUT2D eigenvalue weighted by atomic mass is 32.2. The zero-order valence-electron chi connectivity index (χ0n) is 11.0. The second-order valence-electron chi connectivity index (χ2n) is 4.96. The van der Waals surface area contributed by atoms with Crippen LogP contribution < -0.4 is 4.90 Å². The van der Waals surface area contributed by atoms with E-state index in [1.807, 2.05) is 35.2 Å². The molecule has 106 valence electrons. The smallest absolute Gasteiger partial charge is 0.153 e. The Morgan fingerprint density at radius 3 is 2.60 bits per heavy atom. The number of sulfone groups is 1. The van der Waals surface area contributed by atoms with Crippen LogP contribution in [0.1, 0.15) is 5.69 Å². The molecule has 5 nitrogen and oxygen atoms in total. The second-order valence-corrected chi connectivity index (χ2v) is 7.26. The minimum atomic E-state index is -2.91. The molecule has 6 heteroatoms. The van der Waals surface area contributed by atoms with Crippen LogP contribution in [0.5, 0.6) is 0 Å². The van der Waals surface area contributed by atoms with Crippen molar-refractivity contribution in [2.45, 2.75) is 6.61 Å². The predicted molar refractivity (Wildman–Crippen MR) is 78.5 cm³/mol. The first-order chi connectivity index (χ1) is 9.59. The standard InChI is InChI=1S/C14H16N2O3S/c17-10-12-9-11-3-1-2-4-13(11)14(15-12)16-5-7-20(18,19)8-6-16/h1-4,9,17H,5-8,10H2. The molecule has 2 aromatic rings. The number of aromatic nitrogens is 1. The van der Waals surface area contributed by atoms with Gasteiger partial charge in [-0.1, -0.05) is 24.3 Å². The van der Waals surface area contributed by atoms with E-state index < -0.39 is 9.84 Å². The van der Waals surface area contributed by atoms with Crippen LogP contribution in [0.25, 0.3) is 10.8 Å². The molecule has 0 saturated carbocycles. The highest BCUT2D eigenvalue weighted by Gasteiger charge is 2.23. The van der Waals surface area contributed by atoms with Crippen molar-refractivity contribution < 1.29 is 13.5 Å². The molecule has 3 rings (SSSR count). The molecule has 1 aliphatic rings. The predicted octanol–water partition coefficient (Wildman–Crippen LogP) is 0.962. The maximum atomic E-state index is 11.5. The number of hydrogen-bond acceptors (Lipinski definition) is 5. The third-order valence-electron chi connectivity index (χ3n) is 3.58. The molecule has 1 saturated heterocycles. The zero-order valence-corrected chi connectivity index (χ0v) is 11.8. The molecule has 20 heavy (non-hydrogen) atoms. The van der Waals surface area contributed by atoms with Gasteiger partial charge >= 0.3 is 0 Å².